The van der Waals surface area contributed by atoms with Crippen molar-refractivity contribution in [3.05, 3.63) is 23.9 Å². The summed E-state index contributed by atoms with van der Waals surface area (Å²) in [5.74, 6) is 0.893. The molecule has 2 N–H and O–H groups in total. The molecule has 10 heteroatoms. The minimum Gasteiger partial charge on any atom is -0.476 e. The van der Waals surface area contributed by atoms with E-state index in [-0.39, 0.29) is 36.5 Å². The molecule has 166 valence electrons. The first-order chi connectivity index (χ1) is 13.4. The zero-order chi connectivity index (χ0) is 20.4. The molecular formula is C19H31F3IN5O. The fraction of sp³-hybridized carbons (Fsp3) is 0.684. The van der Waals surface area contributed by atoms with Crippen LogP contribution in [0.4, 0.5) is 13.2 Å². The van der Waals surface area contributed by atoms with Crippen LogP contribution < -0.4 is 15.4 Å². The molecule has 1 aliphatic rings. The predicted octanol–water partition coefficient (Wildman–Crippen LogP) is 3.53. The van der Waals surface area contributed by atoms with E-state index < -0.39 is 11.7 Å². The summed E-state index contributed by atoms with van der Waals surface area (Å²) in [6.07, 6.45) is -0.285. The second-order valence-electron chi connectivity index (χ2n) is 6.75. The highest BCUT2D eigenvalue weighted by Gasteiger charge is 2.30. The molecule has 1 aromatic heterocycles. The number of guanidine groups is 1. The van der Waals surface area contributed by atoms with Crippen molar-refractivity contribution in [2.45, 2.75) is 45.3 Å². The van der Waals surface area contributed by atoms with Gasteiger partial charge in [0.15, 0.2) is 5.96 Å². The van der Waals surface area contributed by atoms with Crippen molar-refractivity contribution in [1.82, 2.24) is 20.5 Å². The molecule has 0 amide bonds. The Bertz CT molecular complexity index is 605. The van der Waals surface area contributed by atoms with E-state index in [1.807, 2.05) is 6.92 Å². The maximum atomic E-state index is 12.5. The zero-order valence-corrected chi connectivity index (χ0v) is 19.3. The van der Waals surface area contributed by atoms with E-state index in [1.165, 1.54) is 12.5 Å². The number of alkyl halides is 3. The fourth-order valence-electron chi connectivity index (χ4n) is 3.07. The Balaban J connectivity index is 0.00000420. The number of hydrogen-bond acceptors (Lipinski definition) is 4. The minimum absolute atomic E-state index is 0. The van der Waals surface area contributed by atoms with Gasteiger partial charge in [-0.1, -0.05) is 6.92 Å². The third-order valence-corrected chi connectivity index (χ3v) is 4.49. The first-order valence-corrected chi connectivity index (χ1v) is 9.85. The van der Waals surface area contributed by atoms with Gasteiger partial charge >= 0.3 is 6.18 Å². The van der Waals surface area contributed by atoms with E-state index in [9.17, 15) is 13.2 Å². The maximum absolute atomic E-state index is 12.5. The number of aliphatic imine (C=N–C) groups is 1. The molecule has 29 heavy (non-hydrogen) atoms. The molecule has 0 aliphatic carbocycles. The standard InChI is InChI=1S/C19H30F3N5O.HI/c1-3-10-27-11-7-16(8-12-27)26-18(23-4-2)24-9-13-28-17-6-5-15(14-25-17)19(20,21)22;/h5-6,14,16H,3-4,7-13H2,1-2H3,(H2,23,24,26);1H. The number of rotatable bonds is 8. The average molecular weight is 529 g/mol. The Morgan fingerprint density at radius 1 is 1.28 bits per heavy atom. The second-order valence-corrected chi connectivity index (χ2v) is 6.75. The number of ether oxygens (including phenoxy) is 1. The number of likely N-dealkylation sites (tertiary alicyclic amines) is 1. The normalized spacial score (nSPS) is 16.2. The highest BCUT2D eigenvalue weighted by atomic mass is 127. The first-order valence-electron chi connectivity index (χ1n) is 9.85. The van der Waals surface area contributed by atoms with Crippen LogP contribution in [-0.2, 0) is 6.18 Å². The quantitative estimate of drug-likeness (QED) is 0.234. The zero-order valence-electron chi connectivity index (χ0n) is 17.0. The Morgan fingerprint density at radius 2 is 2.00 bits per heavy atom. The summed E-state index contributed by atoms with van der Waals surface area (Å²) in [6, 6.07) is 2.57. The van der Waals surface area contributed by atoms with Gasteiger partial charge in [-0.2, -0.15) is 13.2 Å². The van der Waals surface area contributed by atoms with E-state index in [0.717, 1.165) is 57.2 Å². The molecule has 0 spiro atoms. The van der Waals surface area contributed by atoms with Crippen LogP contribution in [0.3, 0.4) is 0 Å². The van der Waals surface area contributed by atoms with Gasteiger partial charge in [0.25, 0.3) is 0 Å². The summed E-state index contributed by atoms with van der Waals surface area (Å²) in [4.78, 5) is 10.6. The summed E-state index contributed by atoms with van der Waals surface area (Å²) in [7, 11) is 0. The van der Waals surface area contributed by atoms with Crippen LogP contribution in [-0.4, -0.2) is 61.2 Å². The van der Waals surface area contributed by atoms with E-state index >= 15 is 0 Å². The molecule has 0 atom stereocenters. The largest absolute Gasteiger partial charge is 0.476 e. The topological polar surface area (TPSA) is 61.8 Å². The summed E-state index contributed by atoms with van der Waals surface area (Å²) in [6.45, 7) is 8.90. The number of aromatic nitrogens is 1. The van der Waals surface area contributed by atoms with Gasteiger partial charge in [-0.15, -0.1) is 24.0 Å². The highest BCUT2D eigenvalue weighted by molar-refractivity contribution is 14.0. The number of nitrogens with one attached hydrogen (secondary N) is 2. The summed E-state index contributed by atoms with van der Waals surface area (Å²) in [5.41, 5.74) is -0.790. The lowest BCUT2D eigenvalue weighted by Gasteiger charge is -2.32. The number of hydrogen-bond donors (Lipinski definition) is 2. The Kier molecular flexibility index (Phi) is 11.6. The van der Waals surface area contributed by atoms with Crippen LogP contribution in [0.2, 0.25) is 0 Å². The fourth-order valence-corrected chi connectivity index (χ4v) is 3.07. The Labute approximate surface area is 187 Å². The average Bonchev–Trinajstić information content (AvgIpc) is 2.67. The molecule has 0 saturated carbocycles. The summed E-state index contributed by atoms with van der Waals surface area (Å²) >= 11 is 0. The molecule has 0 radical (unpaired) electrons. The van der Waals surface area contributed by atoms with Crippen molar-refractivity contribution < 1.29 is 17.9 Å². The monoisotopic (exact) mass is 529 g/mol. The molecular weight excluding hydrogens is 498 g/mol. The lowest BCUT2D eigenvalue weighted by molar-refractivity contribution is -0.137. The summed E-state index contributed by atoms with van der Waals surface area (Å²) < 4.78 is 43.0. The lowest BCUT2D eigenvalue weighted by atomic mass is 10.1. The molecule has 2 heterocycles. The Hall–Kier alpha value is -1.30. The SMILES string of the molecule is CCCN1CCC(NC(=NCCOc2ccc(C(F)(F)F)cn2)NCC)CC1.I. The number of nitrogens with zero attached hydrogens (tertiary/aromatic N) is 3. The van der Waals surface area contributed by atoms with Gasteiger partial charge in [0.05, 0.1) is 12.1 Å². The van der Waals surface area contributed by atoms with Crippen LogP contribution in [0, 0.1) is 0 Å². The van der Waals surface area contributed by atoms with Crippen LogP contribution in [0.25, 0.3) is 0 Å². The molecule has 0 aromatic carbocycles. The molecule has 1 fully saturated rings. The maximum Gasteiger partial charge on any atom is 0.417 e. The summed E-state index contributed by atoms with van der Waals surface area (Å²) in [5, 5.41) is 6.68. The van der Waals surface area contributed by atoms with Crippen LogP contribution >= 0.6 is 24.0 Å². The lowest BCUT2D eigenvalue weighted by Crippen LogP contribution is -2.48. The third kappa shape index (κ3) is 9.37. The number of pyridine rings is 1. The van der Waals surface area contributed by atoms with Gasteiger partial charge in [-0.3, -0.25) is 0 Å². The van der Waals surface area contributed by atoms with Crippen molar-refractivity contribution in [3.8, 4) is 5.88 Å². The van der Waals surface area contributed by atoms with Crippen LogP contribution in [0.5, 0.6) is 5.88 Å². The molecule has 1 aliphatic heterocycles. The number of halogens is 4. The number of piperidine rings is 1. The molecule has 0 bridgehead atoms. The first kappa shape index (κ1) is 25.7. The minimum atomic E-state index is -4.39. The molecule has 1 saturated heterocycles. The predicted molar refractivity (Wildman–Crippen MR) is 119 cm³/mol. The Morgan fingerprint density at radius 3 is 2.55 bits per heavy atom. The molecule has 6 nitrogen and oxygen atoms in total. The van der Waals surface area contributed by atoms with Gasteiger partial charge in [-0.05, 0) is 38.8 Å². The smallest absolute Gasteiger partial charge is 0.417 e. The van der Waals surface area contributed by atoms with Gasteiger partial charge < -0.3 is 20.3 Å². The van der Waals surface area contributed by atoms with E-state index in [0.29, 0.717) is 12.6 Å². The van der Waals surface area contributed by atoms with Crippen molar-refractivity contribution in [2.24, 2.45) is 4.99 Å². The van der Waals surface area contributed by atoms with Gasteiger partial charge in [0, 0.05) is 37.9 Å². The van der Waals surface area contributed by atoms with Gasteiger partial charge in [0.2, 0.25) is 5.88 Å². The molecule has 0 unspecified atom stereocenters. The van der Waals surface area contributed by atoms with Crippen LogP contribution in [0.15, 0.2) is 23.3 Å². The highest BCUT2D eigenvalue weighted by Crippen LogP contribution is 2.29. The molecule has 1 aromatic rings. The van der Waals surface area contributed by atoms with Crippen LogP contribution in [0.1, 0.15) is 38.7 Å². The van der Waals surface area contributed by atoms with Crippen molar-refractivity contribution in [1.29, 1.82) is 0 Å². The van der Waals surface area contributed by atoms with Crippen molar-refractivity contribution >= 4 is 29.9 Å². The van der Waals surface area contributed by atoms with Gasteiger partial charge in [-0.25, -0.2) is 9.98 Å². The van der Waals surface area contributed by atoms with E-state index in [1.54, 1.807) is 0 Å². The second kappa shape index (κ2) is 13.1. The van der Waals surface area contributed by atoms with Crippen molar-refractivity contribution in [3.63, 3.8) is 0 Å². The molecule has 2 rings (SSSR count). The van der Waals surface area contributed by atoms with Crippen molar-refractivity contribution in [2.75, 3.05) is 39.3 Å². The third-order valence-electron chi connectivity index (χ3n) is 4.49. The van der Waals surface area contributed by atoms with Gasteiger partial charge in [0.1, 0.15) is 6.61 Å². The van der Waals surface area contributed by atoms with E-state index in [4.69, 9.17) is 4.74 Å². The van der Waals surface area contributed by atoms with E-state index in [2.05, 4.69) is 32.4 Å².